The highest BCUT2D eigenvalue weighted by Crippen LogP contribution is 2.25. The third-order valence-corrected chi connectivity index (χ3v) is 9.25. The molecule has 0 bridgehead atoms. The van der Waals surface area contributed by atoms with Crippen molar-refractivity contribution in [2.75, 3.05) is 64.8 Å². The fourth-order valence-electron chi connectivity index (χ4n) is 3.28. The van der Waals surface area contributed by atoms with Gasteiger partial charge in [-0.2, -0.15) is 8.61 Å². The number of halogens is 1. The van der Waals surface area contributed by atoms with E-state index in [4.69, 9.17) is 16.3 Å². The van der Waals surface area contributed by atoms with Gasteiger partial charge in [-0.3, -0.25) is 0 Å². The summed E-state index contributed by atoms with van der Waals surface area (Å²) in [5.41, 5.74) is 0. The van der Waals surface area contributed by atoms with Gasteiger partial charge in [0.25, 0.3) is 0 Å². The number of nitrogens with one attached hydrogen (secondary N) is 1. The quantitative estimate of drug-likeness (QED) is 0.613. The van der Waals surface area contributed by atoms with Crippen molar-refractivity contribution in [3.05, 3.63) is 29.3 Å². The van der Waals surface area contributed by atoms with Crippen LogP contribution in [0.15, 0.2) is 29.2 Å². The largest absolute Gasteiger partial charge is 0.379 e. The summed E-state index contributed by atoms with van der Waals surface area (Å²) in [7, 11) is -7.20. The molecule has 2 heterocycles. The van der Waals surface area contributed by atoms with E-state index in [1.165, 1.54) is 25.6 Å². The number of hydrogen-bond acceptors (Lipinski definition) is 6. The van der Waals surface area contributed by atoms with Crippen molar-refractivity contribution in [2.24, 2.45) is 0 Å². The second-order valence-electron chi connectivity index (χ2n) is 6.88. The molecule has 1 N–H and O–H groups in total. The Morgan fingerprint density at radius 1 is 0.967 bits per heavy atom. The number of amides is 2. The zero-order chi connectivity index (χ0) is 21.8. The third kappa shape index (κ3) is 5.42. The highest BCUT2D eigenvalue weighted by molar-refractivity contribution is 7.89. The molecule has 0 saturated carbocycles. The Labute approximate surface area is 181 Å². The number of carbonyl (C=O) groups excluding carboxylic acids is 1. The van der Waals surface area contributed by atoms with Gasteiger partial charge in [0.1, 0.15) is 4.90 Å². The van der Waals surface area contributed by atoms with Crippen LogP contribution in [-0.2, 0) is 24.8 Å². The van der Waals surface area contributed by atoms with Crippen molar-refractivity contribution in [1.82, 2.24) is 18.8 Å². The van der Waals surface area contributed by atoms with Crippen LogP contribution < -0.4 is 5.32 Å². The average molecular weight is 481 g/mol. The van der Waals surface area contributed by atoms with Gasteiger partial charge in [0.05, 0.1) is 24.0 Å². The Kier molecular flexibility index (Phi) is 7.58. The van der Waals surface area contributed by atoms with E-state index in [2.05, 4.69) is 5.32 Å². The average Bonchev–Trinajstić information content (AvgIpc) is 2.74. The molecular formula is C17H25ClN4O6S2. The van der Waals surface area contributed by atoms with E-state index in [9.17, 15) is 21.6 Å². The van der Waals surface area contributed by atoms with Gasteiger partial charge in [0, 0.05) is 45.8 Å². The molecule has 2 fully saturated rings. The first kappa shape index (κ1) is 23.2. The topological polar surface area (TPSA) is 116 Å². The molecule has 10 nitrogen and oxygen atoms in total. The molecule has 0 aliphatic carbocycles. The zero-order valence-corrected chi connectivity index (χ0v) is 18.8. The fraction of sp³-hybridized carbons (Fsp3) is 0.588. The Bertz CT molecular complexity index is 958. The number of nitrogens with zero attached hydrogens (tertiary/aromatic N) is 3. The van der Waals surface area contributed by atoms with Gasteiger partial charge in [-0.25, -0.2) is 21.6 Å². The lowest BCUT2D eigenvalue weighted by atomic mass is 10.4. The summed E-state index contributed by atoms with van der Waals surface area (Å²) < 4.78 is 57.9. The van der Waals surface area contributed by atoms with Gasteiger partial charge in [0.2, 0.25) is 20.0 Å². The summed E-state index contributed by atoms with van der Waals surface area (Å²) in [6.07, 6.45) is 0. The molecule has 2 saturated heterocycles. The molecule has 2 amide bonds. The Balaban J connectivity index is 1.48. The summed E-state index contributed by atoms with van der Waals surface area (Å²) >= 11 is 6.02. The lowest BCUT2D eigenvalue weighted by Crippen LogP contribution is -2.53. The predicted octanol–water partition coefficient (Wildman–Crippen LogP) is 0.0179. The number of rotatable bonds is 6. The van der Waals surface area contributed by atoms with Crippen LogP contribution in [0.2, 0.25) is 5.02 Å². The molecule has 2 aliphatic heterocycles. The minimum Gasteiger partial charge on any atom is -0.379 e. The van der Waals surface area contributed by atoms with Gasteiger partial charge in [-0.05, 0) is 12.1 Å². The molecule has 168 valence electrons. The number of carbonyl (C=O) groups is 1. The van der Waals surface area contributed by atoms with Gasteiger partial charge < -0.3 is 15.0 Å². The SMILES string of the molecule is O=C(NCCS(=O)(=O)N1CCOCC1)N1CCN(S(=O)(=O)c2ccccc2Cl)CC1. The maximum absolute atomic E-state index is 12.8. The van der Waals surface area contributed by atoms with E-state index >= 15 is 0 Å². The second kappa shape index (κ2) is 9.79. The maximum Gasteiger partial charge on any atom is 0.317 e. The minimum atomic E-state index is -3.74. The monoisotopic (exact) mass is 480 g/mol. The van der Waals surface area contributed by atoms with Crippen molar-refractivity contribution in [2.45, 2.75) is 4.90 Å². The molecule has 0 aromatic heterocycles. The maximum atomic E-state index is 12.8. The molecule has 30 heavy (non-hydrogen) atoms. The summed E-state index contributed by atoms with van der Waals surface area (Å²) in [5, 5.41) is 2.75. The van der Waals surface area contributed by atoms with Crippen LogP contribution in [-0.4, -0.2) is 101 Å². The minimum absolute atomic E-state index is 0.0172. The van der Waals surface area contributed by atoms with Crippen LogP contribution in [0.5, 0.6) is 0 Å². The van der Waals surface area contributed by atoms with Crippen molar-refractivity contribution >= 4 is 37.7 Å². The molecule has 1 aromatic rings. The number of sulfonamides is 2. The van der Waals surface area contributed by atoms with Crippen LogP contribution in [0.1, 0.15) is 0 Å². The highest BCUT2D eigenvalue weighted by atomic mass is 35.5. The third-order valence-electron chi connectivity index (χ3n) is 4.98. The van der Waals surface area contributed by atoms with Crippen LogP contribution in [0.4, 0.5) is 4.79 Å². The number of hydrogen-bond donors (Lipinski definition) is 1. The van der Waals surface area contributed by atoms with Gasteiger partial charge in [-0.1, -0.05) is 23.7 Å². The van der Waals surface area contributed by atoms with Crippen molar-refractivity contribution in [3.8, 4) is 0 Å². The number of urea groups is 1. The van der Waals surface area contributed by atoms with E-state index in [-0.39, 0.29) is 48.4 Å². The van der Waals surface area contributed by atoms with E-state index in [0.29, 0.717) is 26.3 Å². The standard InChI is InChI=1S/C17H25ClN4O6S2/c18-15-3-1-2-4-16(15)30(26,27)22-8-6-20(7-9-22)17(23)19-5-14-29(24,25)21-10-12-28-13-11-21/h1-4H,5-14H2,(H,19,23). The fourth-order valence-corrected chi connectivity index (χ4v) is 6.52. The first-order valence-corrected chi connectivity index (χ1v) is 13.0. The Hall–Kier alpha value is -1.44. The first-order chi connectivity index (χ1) is 14.2. The van der Waals surface area contributed by atoms with Crippen molar-refractivity contribution in [3.63, 3.8) is 0 Å². The smallest absolute Gasteiger partial charge is 0.317 e. The van der Waals surface area contributed by atoms with Crippen LogP contribution in [0.25, 0.3) is 0 Å². The van der Waals surface area contributed by atoms with Crippen molar-refractivity contribution < 1.29 is 26.4 Å². The summed E-state index contributed by atoms with van der Waals surface area (Å²) in [6.45, 7) is 2.02. The summed E-state index contributed by atoms with van der Waals surface area (Å²) in [6, 6.07) is 5.81. The molecule has 3 rings (SSSR count). The predicted molar refractivity (Wildman–Crippen MR) is 111 cm³/mol. The van der Waals surface area contributed by atoms with E-state index in [1.54, 1.807) is 12.1 Å². The summed E-state index contributed by atoms with van der Waals surface area (Å²) in [5.74, 6) is -0.195. The van der Waals surface area contributed by atoms with Gasteiger partial charge >= 0.3 is 6.03 Å². The molecule has 0 radical (unpaired) electrons. The number of piperazine rings is 1. The lowest BCUT2D eigenvalue weighted by Gasteiger charge is -2.34. The molecule has 0 spiro atoms. The second-order valence-corrected chi connectivity index (χ2v) is 11.3. The van der Waals surface area contributed by atoms with Crippen molar-refractivity contribution in [1.29, 1.82) is 0 Å². The molecular weight excluding hydrogens is 456 g/mol. The normalized spacial score (nSPS) is 19.6. The van der Waals surface area contributed by atoms with Gasteiger partial charge in [0.15, 0.2) is 0 Å². The lowest BCUT2D eigenvalue weighted by molar-refractivity contribution is 0.0730. The molecule has 0 atom stereocenters. The number of benzene rings is 1. The Morgan fingerprint density at radius 2 is 1.60 bits per heavy atom. The molecule has 2 aliphatic rings. The summed E-state index contributed by atoms with van der Waals surface area (Å²) in [4.78, 5) is 13.8. The molecule has 0 unspecified atom stereocenters. The molecule has 13 heteroatoms. The molecule has 1 aromatic carbocycles. The van der Waals surface area contributed by atoms with Gasteiger partial charge in [-0.15, -0.1) is 0 Å². The van der Waals surface area contributed by atoms with E-state index in [1.807, 2.05) is 0 Å². The zero-order valence-electron chi connectivity index (χ0n) is 16.4. The van der Waals surface area contributed by atoms with Crippen LogP contribution >= 0.6 is 11.6 Å². The van der Waals surface area contributed by atoms with Crippen LogP contribution in [0.3, 0.4) is 0 Å². The number of ether oxygens (including phenoxy) is 1. The Morgan fingerprint density at radius 3 is 2.23 bits per heavy atom. The first-order valence-electron chi connectivity index (χ1n) is 9.55. The van der Waals surface area contributed by atoms with E-state index < -0.39 is 26.1 Å². The highest BCUT2D eigenvalue weighted by Gasteiger charge is 2.31. The van der Waals surface area contributed by atoms with E-state index in [0.717, 1.165) is 0 Å². The van der Waals surface area contributed by atoms with Crippen LogP contribution in [0, 0.1) is 0 Å². The number of morpholine rings is 1.